The van der Waals surface area contributed by atoms with Gasteiger partial charge in [0, 0.05) is 30.4 Å². The van der Waals surface area contributed by atoms with Crippen molar-refractivity contribution in [3.63, 3.8) is 0 Å². The van der Waals surface area contributed by atoms with Crippen LogP contribution in [0, 0.1) is 17.0 Å². The monoisotopic (exact) mass is 280 g/mol. The molecule has 7 heteroatoms. The van der Waals surface area contributed by atoms with Gasteiger partial charge in [-0.1, -0.05) is 6.07 Å². The van der Waals surface area contributed by atoms with Gasteiger partial charge in [0.15, 0.2) is 0 Å². The number of ether oxygens (including phenoxy) is 1. The standard InChI is InChI=1S/C13H16N2O5/c1-9-2-3-10(6-12(9)15(18)19)14-4-5-20-11(8-14)7-13(16)17/h2-3,6,11H,4-5,7-8H2,1H3,(H,16,17). The predicted octanol–water partition coefficient (Wildman–Crippen LogP) is 1.58. The number of nitro benzene ring substituents is 1. The average Bonchev–Trinajstić information content (AvgIpc) is 2.38. The minimum atomic E-state index is -0.910. The molecule has 20 heavy (non-hydrogen) atoms. The molecule has 1 N–H and O–H groups in total. The number of anilines is 1. The lowest BCUT2D eigenvalue weighted by Crippen LogP contribution is -2.43. The average molecular weight is 280 g/mol. The third-order valence-corrected chi connectivity index (χ3v) is 3.30. The van der Waals surface area contributed by atoms with Crippen molar-refractivity contribution in [2.45, 2.75) is 19.4 Å². The zero-order valence-electron chi connectivity index (χ0n) is 11.1. The molecule has 0 amide bonds. The van der Waals surface area contributed by atoms with Gasteiger partial charge in [-0.15, -0.1) is 0 Å². The third-order valence-electron chi connectivity index (χ3n) is 3.30. The van der Waals surface area contributed by atoms with Crippen LogP contribution in [0.3, 0.4) is 0 Å². The van der Waals surface area contributed by atoms with Gasteiger partial charge in [0.25, 0.3) is 5.69 Å². The summed E-state index contributed by atoms with van der Waals surface area (Å²) in [6.07, 6.45) is -0.452. The number of rotatable bonds is 4. The van der Waals surface area contributed by atoms with E-state index in [1.54, 1.807) is 13.0 Å². The van der Waals surface area contributed by atoms with Crippen molar-refractivity contribution in [2.24, 2.45) is 0 Å². The van der Waals surface area contributed by atoms with E-state index < -0.39 is 10.9 Å². The fraction of sp³-hybridized carbons (Fsp3) is 0.462. The van der Waals surface area contributed by atoms with Crippen LogP contribution in [0.4, 0.5) is 11.4 Å². The van der Waals surface area contributed by atoms with E-state index in [9.17, 15) is 14.9 Å². The maximum absolute atomic E-state index is 11.0. The molecule has 108 valence electrons. The minimum absolute atomic E-state index is 0.0650. The van der Waals surface area contributed by atoms with Crippen LogP contribution in [0.5, 0.6) is 0 Å². The largest absolute Gasteiger partial charge is 0.481 e. The second kappa shape index (κ2) is 5.87. The summed E-state index contributed by atoms with van der Waals surface area (Å²) in [5.74, 6) is -0.910. The lowest BCUT2D eigenvalue weighted by atomic mass is 10.1. The van der Waals surface area contributed by atoms with Gasteiger partial charge in [0.2, 0.25) is 0 Å². The molecule has 1 aliphatic rings. The third kappa shape index (κ3) is 3.24. The molecule has 1 aromatic carbocycles. The summed E-state index contributed by atoms with van der Waals surface area (Å²) < 4.78 is 5.39. The smallest absolute Gasteiger partial charge is 0.306 e. The number of carbonyl (C=O) groups is 1. The van der Waals surface area contributed by atoms with Crippen molar-refractivity contribution in [3.05, 3.63) is 33.9 Å². The molecular formula is C13H16N2O5. The van der Waals surface area contributed by atoms with Gasteiger partial charge in [-0.05, 0) is 13.0 Å². The maximum Gasteiger partial charge on any atom is 0.306 e. The van der Waals surface area contributed by atoms with E-state index in [2.05, 4.69) is 0 Å². The molecular weight excluding hydrogens is 264 g/mol. The molecule has 1 unspecified atom stereocenters. The molecule has 7 nitrogen and oxygen atoms in total. The second-order valence-electron chi connectivity index (χ2n) is 4.76. The highest BCUT2D eigenvalue weighted by Crippen LogP contribution is 2.26. The first-order chi connectivity index (χ1) is 9.47. The number of nitrogens with zero attached hydrogens (tertiary/aromatic N) is 2. The SMILES string of the molecule is Cc1ccc(N2CCOC(CC(=O)O)C2)cc1[N+](=O)[O-]. The minimum Gasteiger partial charge on any atom is -0.481 e. The Bertz CT molecular complexity index is 531. The molecule has 2 rings (SSSR count). The van der Waals surface area contributed by atoms with Crippen LogP contribution in [-0.2, 0) is 9.53 Å². The van der Waals surface area contributed by atoms with Crippen molar-refractivity contribution in [1.29, 1.82) is 0 Å². The number of hydrogen-bond donors (Lipinski definition) is 1. The Labute approximate surface area is 115 Å². The van der Waals surface area contributed by atoms with Gasteiger partial charge in [0.05, 0.1) is 24.1 Å². The molecule has 1 saturated heterocycles. The summed E-state index contributed by atoms with van der Waals surface area (Å²) in [5, 5.41) is 19.7. The number of carboxylic acids is 1. The van der Waals surface area contributed by atoms with Crippen LogP contribution >= 0.6 is 0 Å². The van der Waals surface area contributed by atoms with E-state index in [1.807, 2.05) is 11.0 Å². The Balaban J connectivity index is 2.16. The van der Waals surface area contributed by atoms with Crippen LogP contribution in [0.25, 0.3) is 0 Å². The van der Waals surface area contributed by atoms with Gasteiger partial charge >= 0.3 is 5.97 Å². The van der Waals surface area contributed by atoms with Crippen molar-refractivity contribution in [2.75, 3.05) is 24.6 Å². The summed E-state index contributed by atoms with van der Waals surface area (Å²) in [7, 11) is 0. The first-order valence-corrected chi connectivity index (χ1v) is 6.31. The summed E-state index contributed by atoms with van der Waals surface area (Å²) in [5.41, 5.74) is 1.40. The van der Waals surface area contributed by atoms with Crippen LogP contribution in [0.1, 0.15) is 12.0 Å². The van der Waals surface area contributed by atoms with Crippen molar-refractivity contribution < 1.29 is 19.6 Å². The Hall–Kier alpha value is -2.15. The van der Waals surface area contributed by atoms with Crippen molar-refractivity contribution >= 4 is 17.3 Å². The van der Waals surface area contributed by atoms with Gasteiger partial charge in [-0.2, -0.15) is 0 Å². The molecule has 0 aliphatic carbocycles. The predicted molar refractivity (Wildman–Crippen MR) is 72.0 cm³/mol. The summed E-state index contributed by atoms with van der Waals surface area (Å²) in [6.45, 7) is 3.12. The molecule has 0 radical (unpaired) electrons. The summed E-state index contributed by atoms with van der Waals surface area (Å²) >= 11 is 0. The second-order valence-corrected chi connectivity index (χ2v) is 4.76. The Morgan fingerprint density at radius 2 is 2.35 bits per heavy atom. The maximum atomic E-state index is 11.0. The quantitative estimate of drug-likeness (QED) is 0.665. The number of carboxylic acid groups (broad SMARTS) is 1. The number of hydrogen-bond acceptors (Lipinski definition) is 5. The first kappa shape index (κ1) is 14.3. The highest BCUT2D eigenvalue weighted by atomic mass is 16.6. The topological polar surface area (TPSA) is 92.9 Å². The Morgan fingerprint density at radius 1 is 1.60 bits per heavy atom. The molecule has 0 bridgehead atoms. The number of morpholine rings is 1. The Morgan fingerprint density at radius 3 is 3.00 bits per heavy atom. The van der Waals surface area contributed by atoms with E-state index in [0.717, 1.165) is 5.69 Å². The zero-order valence-corrected chi connectivity index (χ0v) is 11.1. The summed E-state index contributed by atoms with van der Waals surface area (Å²) in [6, 6.07) is 5.04. The van der Waals surface area contributed by atoms with E-state index in [-0.39, 0.29) is 18.2 Å². The summed E-state index contributed by atoms with van der Waals surface area (Å²) in [4.78, 5) is 23.2. The van der Waals surface area contributed by atoms with Gasteiger partial charge < -0.3 is 14.7 Å². The van der Waals surface area contributed by atoms with E-state index in [0.29, 0.717) is 25.3 Å². The molecule has 1 fully saturated rings. The highest BCUT2D eigenvalue weighted by molar-refractivity contribution is 5.67. The van der Waals surface area contributed by atoms with Gasteiger partial charge in [-0.3, -0.25) is 14.9 Å². The number of aryl methyl sites for hydroxylation is 1. The van der Waals surface area contributed by atoms with E-state index in [1.165, 1.54) is 6.07 Å². The lowest BCUT2D eigenvalue weighted by Gasteiger charge is -2.33. The number of aliphatic carboxylic acids is 1. The molecule has 0 saturated carbocycles. The molecule has 1 aromatic rings. The van der Waals surface area contributed by atoms with E-state index >= 15 is 0 Å². The number of nitro groups is 1. The fourth-order valence-corrected chi connectivity index (χ4v) is 2.26. The fourth-order valence-electron chi connectivity index (χ4n) is 2.26. The van der Waals surface area contributed by atoms with E-state index in [4.69, 9.17) is 9.84 Å². The lowest BCUT2D eigenvalue weighted by molar-refractivity contribution is -0.385. The first-order valence-electron chi connectivity index (χ1n) is 6.31. The molecule has 1 heterocycles. The van der Waals surface area contributed by atoms with Crippen LogP contribution in [0.15, 0.2) is 18.2 Å². The molecule has 1 aliphatic heterocycles. The van der Waals surface area contributed by atoms with Crippen LogP contribution < -0.4 is 4.90 Å². The van der Waals surface area contributed by atoms with Crippen molar-refractivity contribution in [1.82, 2.24) is 0 Å². The van der Waals surface area contributed by atoms with Gasteiger partial charge in [0.1, 0.15) is 0 Å². The molecule has 0 spiro atoms. The normalized spacial score (nSPS) is 18.9. The molecule has 0 aromatic heterocycles. The van der Waals surface area contributed by atoms with Crippen molar-refractivity contribution in [3.8, 4) is 0 Å². The van der Waals surface area contributed by atoms with Crippen LogP contribution in [0.2, 0.25) is 0 Å². The van der Waals surface area contributed by atoms with Gasteiger partial charge in [-0.25, -0.2) is 0 Å². The number of benzene rings is 1. The molecule has 1 atom stereocenters. The highest BCUT2D eigenvalue weighted by Gasteiger charge is 2.24. The van der Waals surface area contributed by atoms with Crippen LogP contribution in [-0.4, -0.2) is 41.8 Å². The zero-order chi connectivity index (χ0) is 14.7. The Kier molecular flexibility index (Phi) is 4.19.